The summed E-state index contributed by atoms with van der Waals surface area (Å²) in [4.78, 5) is 0. The Balaban J connectivity index is 2.57. The fourth-order valence-corrected chi connectivity index (χ4v) is 3.30. The van der Waals surface area contributed by atoms with Crippen LogP contribution in [0, 0.1) is 0 Å². The highest BCUT2D eigenvalue weighted by Gasteiger charge is 2.21. The van der Waals surface area contributed by atoms with E-state index in [0.717, 1.165) is 32.4 Å². The zero-order chi connectivity index (χ0) is 9.73. The van der Waals surface area contributed by atoms with Gasteiger partial charge >= 0.3 is 0 Å². The summed E-state index contributed by atoms with van der Waals surface area (Å²) in [6, 6.07) is 0. The molecule has 0 unspecified atom stereocenters. The number of hydrogen-bond donors (Lipinski definition) is 0. The van der Waals surface area contributed by atoms with Gasteiger partial charge in [-0.1, -0.05) is 19.8 Å². The average molecular weight is 205 g/mol. The van der Waals surface area contributed by atoms with Crippen LogP contribution in [0.15, 0.2) is 0 Å². The van der Waals surface area contributed by atoms with Crippen molar-refractivity contribution in [3.05, 3.63) is 0 Å². The molecule has 1 fully saturated rings. The highest BCUT2D eigenvalue weighted by molar-refractivity contribution is 7.89. The van der Waals surface area contributed by atoms with Gasteiger partial charge in [0, 0.05) is 13.1 Å². The lowest BCUT2D eigenvalue weighted by atomic mass is 10.2. The molecule has 0 aliphatic carbocycles. The van der Waals surface area contributed by atoms with Crippen molar-refractivity contribution in [3.63, 3.8) is 0 Å². The second-order valence-corrected chi connectivity index (χ2v) is 5.72. The van der Waals surface area contributed by atoms with E-state index in [-0.39, 0.29) is 0 Å². The van der Waals surface area contributed by atoms with E-state index >= 15 is 0 Å². The summed E-state index contributed by atoms with van der Waals surface area (Å²) < 4.78 is 25.0. The first kappa shape index (κ1) is 11.0. The molecule has 1 heterocycles. The van der Waals surface area contributed by atoms with Gasteiger partial charge in [-0.25, -0.2) is 12.7 Å². The Hall–Kier alpha value is -0.0900. The smallest absolute Gasteiger partial charge is 0.212 e. The Labute approximate surface area is 81.2 Å². The summed E-state index contributed by atoms with van der Waals surface area (Å²) in [5, 5.41) is 0. The largest absolute Gasteiger partial charge is 0.214 e. The molecule has 0 aromatic rings. The molecule has 0 saturated carbocycles. The molecular formula is C9H19NO2S. The lowest BCUT2D eigenvalue weighted by Gasteiger charge is -2.19. The van der Waals surface area contributed by atoms with Crippen molar-refractivity contribution in [2.45, 2.75) is 39.0 Å². The number of nitrogens with zero attached hydrogens (tertiary/aromatic N) is 1. The van der Waals surface area contributed by atoms with Crippen LogP contribution in [0.4, 0.5) is 0 Å². The zero-order valence-electron chi connectivity index (χ0n) is 8.33. The Morgan fingerprint density at radius 1 is 1.08 bits per heavy atom. The molecule has 0 amide bonds. The maximum absolute atomic E-state index is 11.7. The van der Waals surface area contributed by atoms with Crippen LogP contribution in [-0.2, 0) is 10.0 Å². The predicted octanol–water partition coefficient (Wildman–Crippen LogP) is 1.60. The molecule has 1 aliphatic rings. The van der Waals surface area contributed by atoms with E-state index in [4.69, 9.17) is 0 Å². The molecule has 0 atom stereocenters. The van der Waals surface area contributed by atoms with Crippen molar-refractivity contribution >= 4 is 10.0 Å². The molecule has 0 aromatic heterocycles. The van der Waals surface area contributed by atoms with Gasteiger partial charge in [-0.2, -0.15) is 0 Å². The minimum absolute atomic E-state index is 0.312. The Morgan fingerprint density at radius 3 is 2.08 bits per heavy atom. The Bertz CT molecular complexity index is 228. The van der Waals surface area contributed by atoms with Crippen molar-refractivity contribution in [2.75, 3.05) is 18.8 Å². The van der Waals surface area contributed by atoms with Crippen LogP contribution in [0.1, 0.15) is 39.0 Å². The Kier molecular flexibility index (Phi) is 4.19. The summed E-state index contributed by atoms with van der Waals surface area (Å²) in [6.07, 6.45) is 5.14. The summed E-state index contributed by atoms with van der Waals surface area (Å²) in [5.74, 6) is 0.312. The number of hydrogen-bond acceptors (Lipinski definition) is 2. The minimum atomic E-state index is -2.92. The van der Waals surface area contributed by atoms with Crippen LogP contribution >= 0.6 is 0 Å². The molecule has 1 aliphatic heterocycles. The van der Waals surface area contributed by atoms with E-state index < -0.39 is 10.0 Å². The maximum Gasteiger partial charge on any atom is 0.214 e. The molecule has 1 saturated heterocycles. The highest BCUT2D eigenvalue weighted by Crippen LogP contribution is 2.13. The van der Waals surface area contributed by atoms with E-state index in [0.29, 0.717) is 5.75 Å². The van der Waals surface area contributed by atoms with E-state index in [1.807, 2.05) is 6.92 Å². The quantitative estimate of drug-likeness (QED) is 0.702. The van der Waals surface area contributed by atoms with E-state index in [1.54, 1.807) is 4.31 Å². The molecule has 78 valence electrons. The molecule has 1 rings (SSSR count). The molecular weight excluding hydrogens is 186 g/mol. The predicted molar refractivity (Wildman–Crippen MR) is 54.1 cm³/mol. The van der Waals surface area contributed by atoms with E-state index in [1.165, 1.54) is 12.8 Å². The monoisotopic (exact) mass is 205 g/mol. The highest BCUT2D eigenvalue weighted by atomic mass is 32.2. The van der Waals surface area contributed by atoms with Crippen molar-refractivity contribution in [3.8, 4) is 0 Å². The molecule has 0 bridgehead atoms. The van der Waals surface area contributed by atoms with Crippen LogP contribution in [0.5, 0.6) is 0 Å². The van der Waals surface area contributed by atoms with Crippen LogP contribution in [0.2, 0.25) is 0 Å². The third-order valence-electron chi connectivity index (χ3n) is 2.42. The molecule has 0 radical (unpaired) electrons. The van der Waals surface area contributed by atoms with E-state index in [2.05, 4.69) is 0 Å². The van der Waals surface area contributed by atoms with Crippen LogP contribution in [0.3, 0.4) is 0 Å². The maximum atomic E-state index is 11.7. The van der Waals surface area contributed by atoms with Gasteiger partial charge in [0.25, 0.3) is 0 Å². The van der Waals surface area contributed by atoms with Crippen molar-refractivity contribution in [2.24, 2.45) is 0 Å². The summed E-state index contributed by atoms with van der Waals surface area (Å²) >= 11 is 0. The van der Waals surface area contributed by atoms with Gasteiger partial charge in [0.2, 0.25) is 10.0 Å². The van der Waals surface area contributed by atoms with E-state index in [9.17, 15) is 8.42 Å². The van der Waals surface area contributed by atoms with Crippen LogP contribution in [-0.4, -0.2) is 31.6 Å². The van der Waals surface area contributed by atoms with Gasteiger partial charge in [0.1, 0.15) is 0 Å². The first-order valence-electron chi connectivity index (χ1n) is 5.14. The fraction of sp³-hybridized carbons (Fsp3) is 1.00. The lowest BCUT2D eigenvalue weighted by molar-refractivity contribution is 0.423. The summed E-state index contributed by atoms with van der Waals surface area (Å²) in [7, 11) is -2.92. The van der Waals surface area contributed by atoms with Gasteiger partial charge in [-0.05, 0) is 19.3 Å². The normalized spacial score (nSPS) is 21.3. The van der Waals surface area contributed by atoms with Gasteiger partial charge < -0.3 is 0 Å². The second-order valence-electron chi connectivity index (χ2n) is 3.63. The molecule has 0 aromatic carbocycles. The lowest BCUT2D eigenvalue weighted by Crippen LogP contribution is -2.33. The standard InChI is InChI=1S/C9H19NO2S/c1-2-9-13(11,12)10-7-5-3-4-6-8-10/h2-9H2,1H3. The fourth-order valence-electron chi connectivity index (χ4n) is 1.71. The van der Waals surface area contributed by atoms with Crippen molar-refractivity contribution in [1.82, 2.24) is 4.31 Å². The SMILES string of the molecule is CCCS(=O)(=O)N1CCCCCC1. The molecule has 0 N–H and O–H groups in total. The molecule has 13 heavy (non-hydrogen) atoms. The second kappa shape index (κ2) is 4.96. The van der Waals surface area contributed by atoms with Gasteiger partial charge in [-0.3, -0.25) is 0 Å². The zero-order valence-corrected chi connectivity index (χ0v) is 9.15. The topological polar surface area (TPSA) is 37.4 Å². The van der Waals surface area contributed by atoms with Crippen molar-refractivity contribution in [1.29, 1.82) is 0 Å². The third-order valence-corrected chi connectivity index (χ3v) is 4.50. The molecule has 3 nitrogen and oxygen atoms in total. The van der Waals surface area contributed by atoms with Gasteiger partial charge in [0.15, 0.2) is 0 Å². The van der Waals surface area contributed by atoms with Crippen LogP contribution in [0.25, 0.3) is 0 Å². The summed E-state index contributed by atoms with van der Waals surface area (Å²) in [5.41, 5.74) is 0. The number of rotatable bonds is 3. The molecule has 4 heteroatoms. The minimum Gasteiger partial charge on any atom is -0.212 e. The average Bonchev–Trinajstić information content (AvgIpc) is 2.31. The molecule has 0 spiro atoms. The first-order chi connectivity index (χ1) is 6.17. The third kappa shape index (κ3) is 3.27. The van der Waals surface area contributed by atoms with Gasteiger partial charge in [0.05, 0.1) is 5.75 Å². The van der Waals surface area contributed by atoms with Crippen molar-refractivity contribution < 1.29 is 8.42 Å². The summed E-state index contributed by atoms with van der Waals surface area (Å²) in [6.45, 7) is 3.39. The number of sulfonamides is 1. The van der Waals surface area contributed by atoms with Crippen LogP contribution < -0.4 is 0 Å². The first-order valence-corrected chi connectivity index (χ1v) is 6.75. The van der Waals surface area contributed by atoms with Gasteiger partial charge in [-0.15, -0.1) is 0 Å². The Morgan fingerprint density at radius 2 is 1.62 bits per heavy atom.